The summed E-state index contributed by atoms with van der Waals surface area (Å²) in [4.78, 5) is 37.0. The predicted octanol–water partition coefficient (Wildman–Crippen LogP) is 3.44. The first kappa shape index (κ1) is 22.7. The number of methoxy groups -OCH3 is 1. The van der Waals surface area contributed by atoms with Gasteiger partial charge in [0.2, 0.25) is 5.91 Å². The molecule has 0 spiro atoms. The molecule has 32 heavy (non-hydrogen) atoms. The lowest BCUT2D eigenvalue weighted by atomic mass is 9.92. The van der Waals surface area contributed by atoms with E-state index < -0.39 is 5.91 Å². The summed E-state index contributed by atoms with van der Waals surface area (Å²) >= 11 is 0. The van der Waals surface area contributed by atoms with Gasteiger partial charge in [0.1, 0.15) is 12.3 Å². The number of ether oxygens (including phenoxy) is 1. The van der Waals surface area contributed by atoms with Crippen molar-refractivity contribution in [3.8, 4) is 5.75 Å². The van der Waals surface area contributed by atoms with E-state index in [1.165, 1.54) is 13.2 Å². The molecule has 0 saturated carbocycles. The van der Waals surface area contributed by atoms with E-state index in [1.807, 2.05) is 26.8 Å². The molecule has 2 aromatic carbocycles. The first-order chi connectivity index (χ1) is 15.2. The van der Waals surface area contributed by atoms with Crippen LogP contribution in [0.3, 0.4) is 0 Å². The van der Waals surface area contributed by atoms with Crippen LogP contribution in [0.4, 0.5) is 11.4 Å². The van der Waals surface area contributed by atoms with Crippen LogP contribution >= 0.6 is 0 Å². The predicted molar refractivity (Wildman–Crippen MR) is 123 cm³/mol. The number of amides is 2. The van der Waals surface area contributed by atoms with Crippen molar-refractivity contribution in [3.63, 3.8) is 0 Å². The lowest BCUT2D eigenvalue weighted by Gasteiger charge is -2.18. The topological polar surface area (TPSA) is 102 Å². The van der Waals surface area contributed by atoms with Crippen LogP contribution in [0.5, 0.6) is 5.75 Å². The maximum absolute atomic E-state index is 12.5. The zero-order valence-corrected chi connectivity index (χ0v) is 18.5. The average Bonchev–Trinajstić information content (AvgIpc) is 2.75. The Hall–Kier alpha value is -3.94. The van der Waals surface area contributed by atoms with Crippen LogP contribution in [-0.4, -0.2) is 28.7 Å². The van der Waals surface area contributed by atoms with Gasteiger partial charge in [-0.05, 0) is 42.5 Å². The molecule has 0 radical (unpaired) electrons. The molecule has 0 aliphatic rings. The summed E-state index contributed by atoms with van der Waals surface area (Å²) in [5.74, 6) is -0.136. The SMILES string of the molecule is COc1ccccc1NC(=O)c1ccc(NC(=O)Cn2nc(C(C)(C)C)ccc2=O)cc1. The Morgan fingerprint density at radius 3 is 2.31 bits per heavy atom. The number of anilines is 2. The number of rotatable bonds is 6. The van der Waals surface area contributed by atoms with E-state index in [-0.39, 0.29) is 23.4 Å². The minimum Gasteiger partial charge on any atom is -0.495 e. The van der Waals surface area contributed by atoms with Crippen LogP contribution in [0.1, 0.15) is 36.8 Å². The second-order valence-corrected chi connectivity index (χ2v) is 8.24. The number of nitrogens with one attached hydrogen (secondary N) is 2. The summed E-state index contributed by atoms with van der Waals surface area (Å²) in [6, 6.07) is 16.6. The lowest BCUT2D eigenvalue weighted by Crippen LogP contribution is -2.31. The third kappa shape index (κ3) is 5.60. The molecule has 2 N–H and O–H groups in total. The normalized spacial score (nSPS) is 11.0. The molecule has 0 aliphatic heterocycles. The first-order valence-corrected chi connectivity index (χ1v) is 10.1. The van der Waals surface area contributed by atoms with Crippen LogP contribution in [-0.2, 0) is 16.8 Å². The van der Waals surface area contributed by atoms with Crippen LogP contribution in [0.2, 0.25) is 0 Å². The van der Waals surface area contributed by atoms with Crippen molar-refractivity contribution in [1.82, 2.24) is 9.78 Å². The minimum absolute atomic E-state index is 0.210. The van der Waals surface area contributed by atoms with Crippen molar-refractivity contribution in [1.29, 1.82) is 0 Å². The Morgan fingerprint density at radius 1 is 0.969 bits per heavy atom. The fourth-order valence-electron chi connectivity index (χ4n) is 2.95. The van der Waals surface area contributed by atoms with Gasteiger partial charge < -0.3 is 15.4 Å². The second-order valence-electron chi connectivity index (χ2n) is 8.24. The third-order valence-corrected chi connectivity index (χ3v) is 4.71. The average molecular weight is 434 g/mol. The molecule has 0 aliphatic carbocycles. The Morgan fingerprint density at radius 2 is 1.66 bits per heavy atom. The van der Waals surface area contributed by atoms with Crippen molar-refractivity contribution in [2.45, 2.75) is 32.7 Å². The monoisotopic (exact) mass is 434 g/mol. The Labute approximate surface area is 186 Å². The van der Waals surface area contributed by atoms with Crippen LogP contribution in [0.15, 0.2) is 65.5 Å². The lowest BCUT2D eigenvalue weighted by molar-refractivity contribution is -0.117. The van der Waals surface area contributed by atoms with Crippen molar-refractivity contribution in [2.75, 3.05) is 17.7 Å². The van der Waals surface area contributed by atoms with Crippen molar-refractivity contribution < 1.29 is 14.3 Å². The number of aromatic nitrogens is 2. The van der Waals surface area contributed by atoms with Crippen LogP contribution in [0, 0.1) is 0 Å². The van der Waals surface area contributed by atoms with E-state index in [9.17, 15) is 14.4 Å². The highest BCUT2D eigenvalue weighted by Gasteiger charge is 2.17. The van der Waals surface area contributed by atoms with Gasteiger partial charge in [0, 0.05) is 22.7 Å². The first-order valence-electron chi connectivity index (χ1n) is 10.1. The quantitative estimate of drug-likeness (QED) is 0.619. The standard InChI is InChI=1S/C24H26N4O4/c1-24(2,3)20-13-14-22(30)28(27-20)15-21(29)25-17-11-9-16(10-12-17)23(31)26-18-7-5-6-8-19(18)32-4/h5-14H,15H2,1-4H3,(H,25,29)(H,26,31). The summed E-state index contributed by atoms with van der Waals surface area (Å²) in [7, 11) is 1.53. The largest absolute Gasteiger partial charge is 0.495 e. The van der Waals surface area contributed by atoms with Gasteiger partial charge in [-0.1, -0.05) is 32.9 Å². The van der Waals surface area contributed by atoms with E-state index in [4.69, 9.17) is 4.74 Å². The van der Waals surface area contributed by atoms with E-state index in [2.05, 4.69) is 15.7 Å². The molecule has 0 fully saturated rings. The summed E-state index contributed by atoms with van der Waals surface area (Å²) in [6.07, 6.45) is 0. The molecule has 8 heteroatoms. The van der Waals surface area contributed by atoms with E-state index in [0.717, 1.165) is 10.4 Å². The number of para-hydroxylation sites is 2. The van der Waals surface area contributed by atoms with Crippen molar-refractivity contribution in [3.05, 3.63) is 82.3 Å². The molecule has 166 valence electrons. The highest BCUT2D eigenvalue weighted by Crippen LogP contribution is 2.24. The van der Waals surface area contributed by atoms with Gasteiger partial charge in [0.15, 0.2) is 0 Å². The van der Waals surface area contributed by atoms with Gasteiger partial charge in [-0.3, -0.25) is 14.4 Å². The van der Waals surface area contributed by atoms with E-state index in [1.54, 1.807) is 48.5 Å². The molecule has 3 rings (SSSR count). The van der Waals surface area contributed by atoms with Gasteiger partial charge >= 0.3 is 0 Å². The highest BCUT2D eigenvalue weighted by atomic mass is 16.5. The number of hydrogen-bond donors (Lipinski definition) is 2. The third-order valence-electron chi connectivity index (χ3n) is 4.71. The second kappa shape index (κ2) is 9.47. The molecule has 3 aromatic rings. The van der Waals surface area contributed by atoms with E-state index in [0.29, 0.717) is 22.7 Å². The fourth-order valence-corrected chi connectivity index (χ4v) is 2.95. The fraction of sp³-hybridized carbons (Fsp3) is 0.250. The highest BCUT2D eigenvalue weighted by molar-refractivity contribution is 6.05. The Balaban J connectivity index is 1.65. The molecule has 2 amide bonds. The summed E-state index contributed by atoms with van der Waals surface area (Å²) < 4.78 is 6.38. The minimum atomic E-state index is -0.392. The summed E-state index contributed by atoms with van der Waals surface area (Å²) in [5.41, 5.74) is 1.61. The number of carbonyl (C=O) groups excluding carboxylic acids is 2. The molecule has 0 bridgehead atoms. The van der Waals surface area contributed by atoms with Gasteiger partial charge in [-0.2, -0.15) is 5.10 Å². The summed E-state index contributed by atoms with van der Waals surface area (Å²) in [6.45, 7) is 5.74. The number of benzene rings is 2. The van der Waals surface area contributed by atoms with Gasteiger partial charge in [0.25, 0.3) is 11.5 Å². The molecule has 0 saturated heterocycles. The maximum atomic E-state index is 12.5. The van der Waals surface area contributed by atoms with Crippen molar-refractivity contribution in [2.24, 2.45) is 0 Å². The summed E-state index contributed by atoms with van der Waals surface area (Å²) in [5, 5.41) is 9.81. The molecule has 1 heterocycles. The van der Waals surface area contributed by atoms with Gasteiger partial charge in [-0.15, -0.1) is 0 Å². The molecule has 0 unspecified atom stereocenters. The maximum Gasteiger partial charge on any atom is 0.267 e. The van der Waals surface area contributed by atoms with Crippen molar-refractivity contribution >= 4 is 23.2 Å². The van der Waals surface area contributed by atoms with Crippen LogP contribution < -0.4 is 20.9 Å². The zero-order valence-electron chi connectivity index (χ0n) is 18.5. The zero-order chi connectivity index (χ0) is 23.3. The smallest absolute Gasteiger partial charge is 0.267 e. The molecule has 8 nitrogen and oxygen atoms in total. The Bertz CT molecular complexity index is 1180. The number of hydrogen-bond acceptors (Lipinski definition) is 5. The molecular weight excluding hydrogens is 408 g/mol. The molecular formula is C24H26N4O4. The molecule has 1 aromatic heterocycles. The van der Waals surface area contributed by atoms with Crippen LogP contribution in [0.25, 0.3) is 0 Å². The molecule has 0 atom stereocenters. The number of carbonyl (C=O) groups is 2. The van der Waals surface area contributed by atoms with Gasteiger partial charge in [-0.25, -0.2) is 4.68 Å². The Kier molecular flexibility index (Phi) is 6.73. The van der Waals surface area contributed by atoms with E-state index >= 15 is 0 Å². The number of nitrogens with zero attached hydrogens (tertiary/aromatic N) is 2. The van der Waals surface area contributed by atoms with Gasteiger partial charge in [0.05, 0.1) is 18.5 Å².